The summed E-state index contributed by atoms with van der Waals surface area (Å²) in [5.41, 5.74) is -0.519. The molecule has 0 aromatic carbocycles. The molecule has 23 heavy (non-hydrogen) atoms. The molecule has 2 N–H and O–H groups in total. The normalized spacial score (nSPS) is 13.7. The third-order valence-electron chi connectivity index (χ3n) is 3.38. The number of nitrogens with zero attached hydrogens (tertiary/aromatic N) is 3. The van der Waals surface area contributed by atoms with E-state index in [9.17, 15) is 9.90 Å². The fraction of sp³-hybridized carbons (Fsp3) is 0.267. The Morgan fingerprint density at radius 2 is 2.30 bits per heavy atom. The van der Waals surface area contributed by atoms with Crippen molar-refractivity contribution in [2.24, 2.45) is 7.05 Å². The van der Waals surface area contributed by atoms with E-state index in [1.165, 1.54) is 11.3 Å². The highest BCUT2D eigenvalue weighted by Crippen LogP contribution is 2.29. The molecule has 3 aromatic heterocycles. The molecule has 1 unspecified atom stereocenters. The van der Waals surface area contributed by atoms with Crippen molar-refractivity contribution in [2.45, 2.75) is 12.5 Å². The molecule has 0 radical (unpaired) electrons. The molecule has 0 fully saturated rings. The number of aromatic nitrogens is 3. The molecule has 8 heteroatoms. The highest BCUT2D eigenvalue weighted by atomic mass is 32.1. The lowest BCUT2D eigenvalue weighted by atomic mass is 10.00. The van der Waals surface area contributed by atoms with E-state index in [0.29, 0.717) is 10.4 Å². The molecule has 1 atom stereocenters. The Morgan fingerprint density at radius 3 is 2.96 bits per heavy atom. The number of rotatable bonds is 5. The first kappa shape index (κ1) is 15.9. The molecular formula is C15H16N4O2S2. The molecule has 0 aliphatic heterocycles. The maximum Gasteiger partial charge on any atom is 0.263 e. The molecule has 3 heterocycles. The van der Waals surface area contributed by atoms with Crippen molar-refractivity contribution in [3.63, 3.8) is 0 Å². The number of aryl methyl sites for hydroxylation is 1. The number of carbonyl (C=O) groups excluding carboxylic acids is 1. The summed E-state index contributed by atoms with van der Waals surface area (Å²) in [4.78, 5) is 18.1. The number of amides is 1. The Balaban J connectivity index is 1.65. The molecule has 0 aliphatic rings. The molecule has 120 valence electrons. The lowest BCUT2D eigenvalue weighted by molar-refractivity contribution is 0.0527. The summed E-state index contributed by atoms with van der Waals surface area (Å²) in [7, 11) is 1.78. The van der Waals surface area contributed by atoms with Crippen LogP contribution in [-0.2, 0) is 12.6 Å². The van der Waals surface area contributed by atoms with E-state index in [-0.39, 0.29) is 12.5 Å². The summed E-state index contributed by atoms with van der Waals surface area (Å²) in [6, 6.07) is 3.92. The smallest absolute Gasteiger partial charge is 0.263 e. The monoisotopic (exact) mass is 348 g/mol. The van der Waals surface area contributed by atoms with E-state index < -0.39 is 5.60 Å². The van der Waals surface area contributed by atoms with E-state index in [4.69, 9.17) is 0 Å². The summed E-state index contributed by atoms with van der Waals surface area (Å²) >= 11 is 2.92. The second kappa shape index (κ2) is 6.23. The topological polar surface area (TPSA) is 80.0 Å². The van der Waals surface area contributed by atoms with E-state index in [1.54, 1.807) is 48.6 Å². The average molecular weight is 348 g/mol. The van der Waals surface area contributed by atoms with Crippen LogP contribution >= 0.6 is 22.7 Å². The second-order valence-electron chi connectivity index (χ2n) is 5.37. The van der Waals surface area contributed by atoms with E-state index in [2.05, 4.69) is 15.4 Å². The van der Waals surface area contributed by atoms with E-state index in [1.807, 2.05) is 17.5 Å². The number of hydrogen-bond acceptors (Lipinski definition) is 6. The summed E-state index contributed by atoms with van der Waals surface area (Å²) in [5, 5.41) is 20.1. The minimum absolute atomic E-state index is 0.101. The van der Waals surface area contributed by atoms with Gasteiger partial charge in [-0.3, -0.25) is 9.48 Å². The first-order valence-electron chi connectivity index (χ1n) is 6.95. The van der Waals surface area contributed by atoms with Crippen molar-refractivity contribution >= 4 is 28.6 Å². The first-order valence-corrected chi connectivity index (χ1v) is 8.65. The van der Waals surface area contributed by atoms with Gasteiger partial charge in [-0.25, -0.2) is 4.98 Å². The Hall–Kier alpha value is -2.03. The van der Waals surface area contributed by atoms with Crippen molar-refractivity contribution in [3.8, 4) is 9.88 Å². The summed E-state index contributed by atoms with van der Waals surface area (Å²) in [6.45, 7) is 1.75. The molecule has 0 bridgehead atoms. The van der Waals surface area contributed by atoms with Gasteiger partial charge in [-0.2, -0.15) is 5.10 Å². The van der Waals surface area contributed by atoms with Gasteiger partial charge in [0.2, 0.25) is 0 Å². The molecule has 3 rings (SSSR count). The van der Waals surface area contributed by atoms with Gasteiger partial charge in [0.25, 0.3) is 5.91 Å². The van der Waals surface area contributed by atoms with Crippen molar-refractivity contribution < 1.29 is 9.90 Å². The number of thiazole rings is 1. The number of nitrogens with one attached hydrogen (secondary N) is 1. The third kappa shape index (κ3) is 3.49. The Morgan fingerprint density at radius 1 is 1.48 bits per heavy atom. The molecule has 6 nitrogen and oxygen atoms in total. The maximum atomic E-state index is 12.2. The van der Waals surface area contributed by atoms with Gasteiger partial charge in [-0.15, -0.1) is 22.7 Å². The summed E-state index contributed by atoms with van der Waals surface area (Å²) < 4.78 is 1.61. The van der Waals surface area contributed by atoms with Crippen LogP contribution in [0, 0.1) is 0 Å². The van der Waals surface area contributed by atoms with Gasteiger partial charge in [0.15, 0.2) is 0 Å². The van der Waals surface area contributed by atoms with Crippen LogP contribution < -0.4 is 5.32 Å². The van der Waals surface area contributed by atoms with Gasteiger partial charge in [-0.05, 0) is 18.4 Å². The predicted octanol–water partition coefficient (Wildman–Crippen LogP) is 2.24. The quantitative estimate of drug-likeness (QED) is 0.741. The molecule has 0 aliphatic carbocycles. The highest BCUT2D eigenvalue weighted by molar-refractivity contribution is 7.21. The second-order valence-corrected chi connectivity index (χ2v) is 7.34. The summed E-state index contributed by atoms with van der Waals surface area (Å²) in [6.07, 6.45) is 4.88. The van der Waals surface area contributed by atoms with Crippen LogP contribution in [0.1, 0.15) is 22.2 Å². The van der Waals surface area contributed by atoms with E-state index in [0.717, 1.165) is 9.88 Å². The molecular weight excluding hydrogens is 332 g/mol. The van der Waals surface area contributed by atoms with Crippen LogP contribution in [-0.4, -0.2) is 32.3 Å². The number of carbonyl (C=O) groups is 1. The predicted molar refractivity (Wildman–Crippen MR) is 90.5 cm³/mol. The zero-order chi connectivity index (χ0) is 16.4. The van der Waals surface area contributed by atoms with Gasteiger partial charge in [0.05, 0.1) is 23.8 Å². The zero-order valence-corrected chi connectivity index (χ0v) is 14.3. The minimum atomic E-state index is -1.18. The van der Waals surface area contributed by atoms with Crippen LogP contribution in [0.5, 0.6) is 0 Å². The lowest BCUT2D eigenvalue weighted by Crippen LogP contribution is -2.38. The average Bonchev–Trinajstić information content (AvgIpc) is 3.24. The van der Waals surface area contributed by atoms with Crippen LogP contribution in [0.4, 0.5) is 0 Å². The minimum Gasteiger partial charge on any atom is -0.383 e. The van der Waals surface area contributed by atoms with Crippen molar-refractivity contribution in [3.05, 3.63) is 46.5 Å². The fourth-order valence-electron chi connectivity index (χ4n) is 2.03. The summed E-state index contributed by atoms with van der Waals surface area (Å²) in [5.74, 6) is -0.241. The van der Waals surface area contributed by atoms with Gasteiger partial charge in [0, 0.05) is 18.8 Å². The molecule has 3 aromatic rings. The Labute approximate surface area is 141 Å². The zero-order valence-electron chi connectivity index (χ0n) is 12.7. The first-order chi connectivity index (χ1) is 11.0. The third-order valence-corrected chi connectivity index (χ3v) is 5.42. The van der Waals surface area contributed by atoms with Gasteiger partial charge in [0.1, 0.15) is 15.5 Å². The number of aliphatic hydroxyl groups is 1. The highest BCUT2D eigenvalue weighted by Gasteiger charge is 2.26. The number of hydrogen-bond donors (Lipinski definition) is 2. The number of thiophene rings is 1. The molecule has 0 saturated heterocycles. The van der Waals surface area contributed by atoms with Crippen LogP contribution in [0.2, 0.25) is 0 Å². The van der Waals surface area contributed by atoms with Crippen molar-refractivity contribution in [2.75, 3.05) is 6.54 Å². The van der Waals surface area contributed by atoms with E-state index >= 15 is 0 Å². The molecule has 0 spiro atoms. The molecule has 0 saturated carbocycles. The lowest BCUT2D eigenvalue weighted by Gasteiger charge is -2.21. The SMILES string of the molecule is Cn1cc(C(C)(O)CNC(=O)c2cnc(-c3cccs3)s2)cn1. The van der Waals surface area contributed by atoms with Gasteiger partial charge < -0.3 is 10.4 Å². The van der Waals surface area contributed by atoms with Gasteiger partial charge in [-0.1, -0.05) is 6.07 Å². The maximum absolute atomic E-state index is 12.2. The van der Waals surface area contributed by atoms with Crippen LogP contribution in [0.15, 0.2) is 36.1 Å². The Kier molecular flexibility index (Phi) is 4.29. The van der Waals surface area contributed by atoms with Crippen LogP contribution in [0.25, 0.3) is 9.88 Å². The van der Waals surface area contributed by atoms with Crippen molar-refractivity contribution in [1.29, 1.82) is 0 Å². The Bertz CT molecular complexity index is 805. The fourth-order valence-corrected chi connectivity index (χ4v) is 3.67. The van der Waals surface area contributed by atoms with Crippen molar-refractivity contribution in [1.82, 2.24) is 20.1 Å². The largest absolute Gasteiger partial charge is 0.383 e. The molecule has 1 amide bonds. The van der Waals surface area contributed by atoms with Crippen LogP contribution in [0.3, 0.4) is 0 Å². The van der Waals surface area contributed by atoms with Gasteiger partial charge >= 0.3 is 0 Å². The standard InChI is InChI=1S/C15H16N4O2S2/c1-15(21,10-6-18-19(2)8-10)9-17-13(20)12-7-16-14(23-12)11-4-3-5-22-11/h3-8,21H,9H2,1-2H3,(H,17,20).